The molecule has 1 amide bonds. The number of carbonyl (C=O) groups is 1. The van der Waals surface area contributed by atoms with E-state index in [0.29, 0.717) is 37.9 Å². The molecule has 34 heavy (non-hydrogen) atoms. The Morgan fingerprint density at radius 3 is 2.88 bits per heavy atom. The lowest BCUT2D eigenvalue weighted by molar-refractivity contribution is -0.139. The van der Waals surface area contributed by atoms with E-state index in [1.54, 1.807) is 18.4 Å². The van der Waals surface area contributed by atoms with E-state index in [4.69, 9.17) is 21.1 Å². The highest BCUT2D eigenvalue weighted by molar-refractivity contribution is 7.15. The zero-order chi connectivity index (χ0) is 23.4. The van der Waals surface area contributed by atoms with Gasteiger partial charge in [0.1, 0.15) is 16.6 Å². The molecule has 2 atom stereocenters. The molecule has 2 unspecified atom stereocenters. The maximum atomic E-state index is 13.3. The molecule has 4 heterocycles. The molecule has 1 N–H and O–H groups in total. The first-order valence-corrected chi connectivity index (χ1v) is 12.7. The van der Waals surface area contributed by atoms with E-state index < -0.39 is 0 Å². The number of ether oxygens (including phenoxy) is 2. The van der Waals surface area contributed by atoms with Crippen molar-refractivity contribution in [3.8, 4) is 10.8 Å². The Labute approximate surface area is 206 Å². The summed E-state index contributed by atoms with van der Waals surface area (Å²) in [6.07, 6.45) is 1.49. The van der Waals surface area contributed by atoms with Gasteiger partial charge in [-0.25, -0.2) is 0 Å². The quantitative estimate of drug-likeness (QED) is 0.596. The van der Waals surface area contributed by atoms with Crippen molar-refractivity contribution in [2.75, 3.05) is 33.4 Å². The zero-order valence-corrected chi connectivity index (χ0v) is 20.7. The normalized spacial score (nSPS) is 21.6. The van der Waals surface area contributed by atoms with Gasteiger partial charge in [0.2, 0.25) is 5.91 Å². The number of aryl methyl sites for hydroxylation is 1. The molecule has 3 aromatic rings. The zero-order valence-electron chi connectivity index (χ0n) is 19.1. The van der Waals surface area contributed by atoms with E-state index in [0.717, 1.165) is 40.8 Å². The van der Waals surface area contributed by atoms with Crippen molar-refractivity contribution in [1.82, 2.24) is 25.0 Å². The fourth-order valence-electron chi connectivity index (χ4n) is 5.34. The highest BCUT2D eigenvalue weighted by Crippen LogP contribution is 2.47. The van der Waals surface area contributed by atoms with Crippen LogP contribution in [0.3, 0.4) is 0 Å². The summed E-state index contributed by atoms with van der Waals surface area (Å²) >= 11 is 8.48. The van der Waals surface area contributed by atoms with Gasteiger partial charge in [-0.2, -0.15) is 0 Å². The van der Waals surface area contributed by atoms with Crippen molar-refractivity contribution < 1.29 is 14.3 Å². The van der Waals surface area contributed by atoms with Gasteiger partial charge in [0, 0.05) is 34.5 Å². The number of morpholine rings is 1. The van der Waals surface area contributed by atoms with Crippen LogP contribution in [0.25, 0.3) is 5.00 Å². The first-order chi connectivity index (χ1) is 16.5. The molecule has 3 aliphatic rings. The van der Waals surface area contributed by atoms with E-state index >= 15 is 0 Å². The summed E-state index contributed by atoms with van der Waals surface area (Å²) in [5.41, 5.74) is 3.39. The van der Waals surface area contributed by atoms with Crippen LogP contribution in [0.4, 0.5) is 0 Å². The summed E-state index contributed by atoms with van der Waals surface area (Å²) in [6.45, 7) is 5.12. The number of methoxy groups -OCH3 is 1. The number of amides is 1. The molecule has 2 aliphatic heterocycles. The Kier molecular flexibility index (Phi) is 5.60. The monoisotopic (exact) mass is 499 g/mol. The van der Waals surface area contributed by atoms with Gasteiger partial charge in [-0.05, 0) is 49.1 Å². The van der Waals surface area contributed by atoms with Crippen LogP contribution in [0, 0.1) is 12.8 Å². The molecule has 0 saturated carbocycles. The largest absolute Gasteiger partial charge is 0.497 e. The number of hydrogen-bond acceptors (Lipinski definition) is 7. The van der Waals surface area contributed by atoms with Gasteiger partial charge in [0.05, 0.1) is 32.9 Å². The average molecular weight is 500 g/mol. The van der Waals surface area contributed by atoms with Crippen LogP contribution >= 0.6 is 22.9 Å². The van der Waals surface area contributed by atoms with E-state index in [1.807, 2.05) is 30.0 Å². The molecule has 0 radical (unpaired) electrons. The number of nitrogens with zero attached hydrogens (tertiary/aromatic N) is 4. The number of thiophene rings is 1. The van der Waals surface area contributed by atoms with Crippen molar-refractivity contribution in [3.63, 3.8) is 0 Å². The van der Waals surface area contributed by atoms with Gasteiger partial charge in [-0.15, -0.1) is 21.5 Å². The third-order valence-electron chi connectivity index (χ3n) is 7.03. The topological polar surface area (TPSA) is 81.5 Å². The summed E-state index contributed by atoms with van der Waals surface area (Å²) in [6, 6.07) is 5.61. The van der Waals surface area contributed by atoms with E-state index in [-0.39, 0.29) is 17.9 Å². The van der Waals surface area contributed by atoms with Crippen molar-refractivity contribution in [2.24, 2.45) is 5.92 Å². The van der Waals surface area contributed by atoms with Crippen molar-refractivity contribution in [3.05, 3.63) is 56.4 Å². The lowest BCUT2D eigenvalue weighted by Gasteiger charge is -2.29. The molecular weight excluding hydrogens is 474 g/mol. The summed E-state index contributed by atoms with van der Waals surface area (Å²) in [7, 11) is 1.66. The standard InChI is InChI=1S/C24H26ClN5O3S/c1-13-27-28-20-12-26-22(16-11-15(32-2)3-4-18(16)25)21-17-9-14(10-19(17)34-24(21)30(13)20)23(31)29-5-7-33-8-6-29/h3-4,11,14,22,26H,5-10,12H2,1-2H3. The molecule has 6 rings (SSSR count). The summed E-state index contributed by atoms with van der Waals surface area (Å²) < 4.78 is 13.1. The molecule has 8 nitrogen and oxygen atoms in total. The van der Waals surface area contributed by atoms with Crippen LogP contribution in [0.1, 0.15) is 39.3 Å². The van der Waals surface area contributed by atoms with Crippen molar-refractivity contribution >= 4 is 28.8 Å². The number of halogens is 1. The van der Waals surface area contributed by atoms with Crippen LogP contribution in [0.15, 0.2) is 18.2 Å². The number of nitrogens with one attached hydrogen (secondary N) is 1. The van der Waals surface area contributed by atoms with Crippen LogP contribution in [-0.4, -0.2) is 59.0 Å². The van der Waals surface area contributed by atoms with Gasteiger partial charge in [0.25, 0.3) is 0 Å². The number of fused-ring (bicyclic) bond motifs is 5. The smallest absolute Gasteiger partial charge is 0.226 e. The van der Waals surface area contributed by atoms with Crippen LogP contribution in [0.2, 0.25) is 5.02 Å². The Bertz CT molecular complexity index is 1270. The molecule has 178 valence electrons. The Morgan fingerprint density at radius 1 is 1.26 bits per heavy atom. The second kappa shape index (κ2) is 8.64. The van der Waals surface area contributed by atoms with E-state index in [9.17, 15) is 4.79 Å². The highest BCUT2D eigenvalue weighted by Gasteiger charge is 2.39. The number of hydrogen-bond donors (Lipinski definition) is 1. The molecule has 1 fully saturated rings. The third kappa shape index (κ3) is 3.53. The van der Waals surface area contributed by atoms with Gasteiger partial charge in [-0.1, -0.05) is 11.6 Å². The molecule has 0 spiro atoms. The number of aromatic nitrogens is 3. The van der Waals surface area contributed by atoms with Gasteiger partial charge in [-0.3, -0.25) is 14.7 Å². The van der Waals surface area contributed by atoms with Crippen LogP contribution < -0.4 is 10.1 Å². The second-order valence-electron chi connectivity index (χ2n) is 8.97. The first kappa shape index (κ1) is 22.0. The third-order valence-corrected chi connectivity index (χ3v) is 8.63. The lowest BCUT2D eigenvalue weighted by Crippen LogP contribution is -2.44. The van der Waals surface area contributed by atoms with Crippen LogP contribution in [0.5, 0.6) is 5.75 Å². The summed E-state index contributed by atoms with van der Waals surface area (Å²) in [5.74, 6) is 2.70. The minimum atomic E-state index is -0.143. The SMILES string of the molecule is COc1ccc(Cl)c(C2NCc3nnc(C)n3-c3sc4c(c32)CC(C(=O)N2CCOCC2)C4)c1. The fraction of sp³-hybridized carbons (Fsp3) is 0.458. The minimum absolute atomic E-state index is 0.0317. The highest BCUT2D eigenvalue weighted by atomic mass is 35.5. The molecule has 0 bridgehead atoms. The lowest BCUT2D eigenvalue weighted by atomic mass is 9.94. The fourth-order valence-corrected chi connectivity index (χ4v) is 7.08. The minimum Gasteiger partial charge on any atom is -0.497 e. The van der Waals surface area contributed by atoms with E-state index in [2.05, 4.69) is 20.1 Å². The molecule has 1 saturated heterocycles. The van der Waals surface area contributed by atoms with Gasteiger partial charge >= 0.3 is 0 Å². The van der Waals surface area contributed by atoms with Crippen molar-refractivity contribution in [2.45, 2.75) is 32.4 Å². The predicted octanol–water partition coefficient (Wildman–Crippen LogP) is 3.07. The van der Waals surface area contributed by atoms with Gasteiger partial charge in [0.15, 0.2) is 5.82 Å². The molecule has 1 aliphatic carbocycles. The molecular formula is C24H26ClN5O3S. The predicted molar refractivity (Wildman–Crippen MR) is 129 cm³/mol. The van der Waals surface area contributed by atoms with Crippen molar-refractivity contribution in [1.29, 1.82) is 0 Å². The number of carbonyl (C=O) groups excluding carboxylic acids is 1. The molecule has 1 aromatic carbocycles. The molecule has 10 heteroatoms. The Hall–Kier alpha value is -2.46. The Balaban J connectivity index is 1.44. The molecule has 2 aromatic heterocycles. The number of benzene rings is 1. The first-order valence-electron chi connectivity index (χ1n) is 11.5. The van der Waals surface area contributed by atoms with Crippen LogP contribution in [-0.2, 0) is 28.9 Å². The Morgan fingerprint density at radius 2 is 2.09 bits per heavy atom. The number of rotatable bonds is 3. The maximum Gasteiger partial charge on any atom is 0.226 e. The summed E-state index contributed by atoms with van der Waals surface area (Å²) in [4.78, 5) is 16.5. The van der Waals surface area contributed by atoms with E-state index in [1.165, 1.54) is 16.0 Å². The maximum absolute atomic E-state index is 13.3. The average Bonchev–Trinajstić information content (AvgIpc) is 3.50. The van der Waals surface area contributed by atoms with Gasteiger partial charge < -0.3 is 14.4 Å². The summed E-state index contributed by atoms with van der Waals surface area (Å²) in [5, 5.41) is 14.2. The second-order valence-corrected chi connectivity index (χ2v) is 10.5.